The summed E-state index contributed by atoms with van der Waals surface area (Å²) in [4.78, 5) is 41.2. The van der Waals surface area contributed by atoms with Gasteiger partial charge in [0.1, 0.15) is 17.2 Å². The second kappa shape index (κ2) is 8.29. The highest BCUT2D eigenvalue weighted by atomic mass is 35.5. The number of nitrogens with zero attached hydrogens (tertiary/aromatic N) is 3. The lowest BCUT2D eigenvalue weighted by molar-refractivity contribution is -0.120. The van der Waals surface area contributed by atoms with Crippen LogP contribution in [0.4, 0.5) is 16.2 Å². The Morgan fingerprint density at radius 2 is 1.72 bits per heavy atom. The lowest BCUT2D eigenvalue weighted by Gasteiger charge is -2.28. The Balaban J connectivity index is 1.92. The Labute approximate surface area is 192 Å². The van der Waals surface area contributed by atoms with E-state index < -0.39 is 29.0 Å². The van der Waals surface area contributed by atoms with E-state index in [1.54, 1.807) is 38.1 Å². The molecule has 7 nitrogen and oxygen atoms in total. The fourth-order valence-corrected chi connectivity index (χ4v) is 3.54. The van der Waals surface area contributed by atoms with Crippen LogP contribution < -0.4 is 9.80 Å². The third-order valence-electron chi connectivity index (χ3n) is 5.58. The smallest absolute Gasteiger partial charge is 0.338 e. The van der Waals surface area contributed by atoms with Gasteiger partial charge in [0, 0.05) is 5.69 Å². The van der Waals surface area contributed by atoms with Gasteiger partial charge in [0.05, 0.1) is 21.8 Å². The van der Waals surface area contributed by atoms with E-state index in [0.717, 1.165) is 4.90 Å². The lowest BCUT2D eigenvalue weighted by Crippen LogP contribution is -2.44. The normalized spacial score (nSPS) is 15.7. The SMILES string of the molecule is CCC(C)(C)OC(=O)c1ccc(N2C(=O)N(c3ccc(C#N)c(Cl)c3)C(=O)C2(C)C)cc1. The largest absolute Gasteiger partial charge is 0.456 e. The molecule has 0 spiro atoms. The summed E-state index contributed by atoms with van der Waals surface area (Å²) in [6.07, 6.45) is 0.671. The van der Waals surface area contributed by atoms with Gasteiger partial charge in [-0.05, 0) is 76.6 Å². The molecule has 32 heavy (non-hydrogen) atoms. The summed E-state index contributed by atoms with van der Waals surface area (Å²) in [5.74, 6) is -0.892. The first-order valence-electron chi connectivity index (χ1n) is 10.1. The summed E-state index contributed by atoms with van der Waals surface area (Å²) in [5.41, 5.74) is -0.425. The van der Waals surface area contributed by atoms with Gasteiger partial charge in [0.2, 0.25) is 0 Å². The van der Waals surface area contributed by atoms with Crippen LogP contribution in [0.3, 0.4) is 0 Å². The van der Waals surface area contributed by atoms with Crippen LogP contribution in [0, 0.1) is 11.3 Å². The number of benzene rings is 2. The van der Waals surface area contributed by atoms with Crippen LogP contribution in [0.15, 0.2) is 42.5 Å². The number of ether oxygens (including phenoxy) is 1. The minimum absolute atomic E-state index is 0.153. The van der Waals surface area contributed by atoms with Crippen molar-refractivity contribution >= 4 is 40.9 Å². The first-order valence-corrected chi connectivity index (χ1v) is 10.5. The number of halogens is 1. The molecule has 8 heteroatoms. The number of hydrogen-bond donors (Lipinski definition) is 0. The van der Waals surface area contributed by atoms with Gasteiger partial charge in [-0.25, -0.2) is 14.5 Å². The van der Waals surface area contributed by atoms with E-state index >= 15 is 0 Å². The van der Waals surface area contributed by atoms with Gasteiger partial charge in [-0.2, -0.15) is 5.26 Å². The van der Waals surface area contributed by atoms with Crippen molar-refractivity contribution in [2.24, 2.45) is 0 Å². The Morgan fingerprint density at radius 3 is 2.25 bits per heavy atom. The van der Waals surface area contributed by atoms with Crippen molar-refractivity contribution < 1.29 is 19.1 Å². The Hall–Kier alpha value is -3.37. The zero-order valence-electron chi connectivity index (χ0n) is 18.6. The van der Waals surface area contributed by atoms with E-state index in [-0.39, 0.29) is 16.3 Å². The number of imide groups is 1. The van der Waals surface area contributed by atoms with Crippen molar-refractivity contribution in [2.45, 2.75) is 52.2 Å². The average Bonchev–Trinajstić information content (AvgIpc) is 2.91. The monoisotopic (exact) mass is 453 g/mol. The Bertz CT molecular complexity index is 1130. The van der Waals surface area contributed by atoms with Crippen molar-refractivity contribution in [2.75, 3.05) is 9.80 Å². The van der Waals surface area contributed by atoms with Crippen molar-refractivity contribution in [1.82, 2.24) is 0 Å². The number of rotatable bonds is 5. The quantitative estimate of drug-likeness (QED) is 0.452. The van der Waals surface area contributed by atoms with Crippen LogP contribution in [0.1, 0.15) is 57.0 Å². The van der Waals surface area contributed by atoms with E-state index in [9.17, 15) is 14.4 Å². The molecule has 1 aliphatic heterocycles. The molecule has 3 amide bonds. The van der Waals surface area contributed by atoms with Crippen LogP contribution in [0.5, 0.6) is 0 Å². The molecule has 1 saturated heterocycles. The number of esters is 1. The number of amides is 3. The maximum atomic E-state index is 13.3. The second-order valence-corrected chi connectivity index (χ2v) is 9.05. The highest BCUT2D eigenvalue weighted by Crippen LogP contribution is 2.37. The summed E-state index contributed by atoms with van der Waals surface area (Å²) < 4.78 is 5.51. The van der Waals surface area contributed by atoms with Crippen LogP contribution in [-0.2, 0) is 9.53 Å². The molecule has 0 aliphatic carbocycles. The molecule has 0 saturated carbocycles. The van der Waals surface area contributed by atoms with Crippen LogP contribution in [0.25, 0.3) is 0 Å². The Morgan fingerprint density at radius 1 is 1.12 bits per heavy atom. The van der Waals surface area contributed by atoms with Gasteiger partial charge >= 0.3 is 12.0 Å². The molecular weight excluding hydrogens is 430 g/mol. The van der Waals surface area contributed by atoms with E-state index in [0.29, 0.717) is 17.7 Å². The first-order chi connectivity index (χ1) is 14.9. The van der Waals surface area contributed by atoms with Gasteiger partial charge in [0.25, 0.3) is 5.91 Å². The second-order valence-electron chi connectivity index (χ2n) is 8.64. The lowest BCUT2D eigenvalue weighted by atomic mass is 10.0. The predicted octanol–water partition coefficient (Wildman–Crippen LogP) is 5.31. The molecule has 1 aliphatic rings. The molecule has 0 atom stereocenters. The minimum Gasteiger partial charge on any atom is -0.456 e. The fraction of sp³-hybridized carbons (Fsp3) is 0.333. The van der Waals surface area contributed by atoms with E-state index in [2.05, 4.69) is 0 Å². The molecule has 0 radical (unpaired) electrons. The number of hydrogen-bond acceptors (Lipinski definition) is 5. The molecule has 166 valence electrons. The summed E-state index contributed by atoms with van der Waals surface area (Å²) in [5, 5.41) is 9.22. The van der Waals surface area contributed by atoms with Gasteiger partial charge in [0.15, 0.2) is 0 Å². The molecule has 2 aromatic rings. The zero-order chi connectivity index (χ0) is 23.8. The molecule has 0 unspecified atom stereocenters. The summed E-state index contributed by atoms with van der Waals surface area (Å²) in [6, 6.07) is 12.1. The molecule has 0 aromatic heterocycles. The predicted molar refractivity (Wildman–Crippen MR) is 122 cm³/mol. The standard InChI is InChI=1S/C24H24ClN3O4/c1-6-23(2,3)32-20(29)15-7-10-17(11-8-15)28-22(31)27(21(30)24(28,4)5)18-12-9-16(14-26)19(25)13-18/h7-13H,6H2,1-5H3. The van der Waals surface area contributed by atoms with Gasteiger partial charge in [-0.3, -0.25) is 9.69 Å². The summed E-state index contributed by atoms with van der Waals surface area (Å²) in [7, 11) is 0. The summed E-state index contributed by atoms with van der Waals surface area (Å²) in [6.45, 7) is 8.89. The van der Waals surface area contributed by atoms with E-state index in [1.165, 1.54) is 23.1 Å². The average molecular weight is 454 g/mol. The van der Waals surface area contributed by atoms with Crippen molar-refractivity contribution in [1.29, 1.82) is 5.26 Å². The third-order valence-corrected chi connectivity index (χ3v) is 5.89. The van der Waals surface area contributed by atoms with Crippen LogP contribution >= 0.6 is 11.6 Å². The molecule has 1 fully saturated rings. The van der Waals surface area contributed by atoms with Crippen molar-refractivity contribution in [3.8, 4) is 6.07 Å². The van der Waals surface area contributed by atoms with Gasteiger partial charge in [-0.15, -0.1) is 0 Å². The minimum atomic E-state index is -1.18. The maximum absolute atomic E-state index is 13.3. The van der Waals surface area contributed by atoms with Crippen molar-refractivity contribution in [3.63, 3.8) is 0 Å². The summed E-state index contributed by atoms with van der Waals surface area (Å²) >= 11 is 6.10. The van der Waals surface area contributed by atoms with Gasteiger partial charge < -0.3 is 4.74 Å². The van der Waals surface area contributed by atoms with Crippen molar-refractivity contribution in [3.05, 3.63) is 58.6 Å². The third kappa shape index (κ3) is 4.06. The molecule has 0 bridgehead atoms. The van der Waals surface area contributed by atoms with Gasteiger partial charge in [-0.1, -0.05) is 18.5 Å². The number of anilines is 2. The zero-order valence-corrected chi connectivity index (χ0v) is 19.4. The topological polar surface area (TPSA) is 90.7 Å². The number of nitriles is 1. The Kier molecular flexibility index (Phi) is 6.03. The van der Waals surface area contributed by atoms with E-state index in [4.69, 9.17) is 21.6 Å². The number of carbonyl (C=O) groups excluding carboxylic acids is 3. The highest BCUT2D eigenvalue weighted by Gasteiger charge is 2.52. The maximum Gasteiger partial charge on any atom is 0.338 e. The first kappa shape index (κ1) is 23.3. The molecule has 1 heterocycles. The molecular formula is C24H24ClN3O4. The van der Waals surface area contributed by atoms with Crippen LogP contribution in [-0.4, -0.2) is 29.0 Å². The number of urea groups is 1. The van der Waals surface area contributed by atoms with E-state index in [1.807, 2.05) is 26.8 Å². The molecule has 0 N–H and O–H groups in total. The fourth-order valence-electron chi connectivity index (χ4n) is 3.32. The number of carbonyl (C=O) groups is 3. The molecule has 3 rings (SSSR count). The molecule has 2 aromatic carbocycles. The van der Waals surface area contributed by atoms with Crippen LogP contribution in [0.2, 0.25) is 5.02 Å². The highest BCUT2D eigenvalue weighted by molar-refractivity contribution is 6.33.